The average molecular weight is 307 g/mol. The number of likely N-dealkylation sites (tertiary alicyclic amines) is 1. The lowest BCUT2D eigenvalue weighted by atomic mass is 9.88. The van der Waals surface area contributed by atoms with Gasteiger partial charge in [0.15, 0.2) is 0 Å². The van der Waals surface area contributed by atoms with Crippen LogP contribution in [0.5, 0.6) is 0 Å². The van der Waals surface area contributed by atoms with E-state index in [1.807, 2.05) is 4.90 Å². The van der Waals surface area contributed by atoms with Crippen LogP contribution in [0, 0.1) is 5.92 Å². The van der Waals surface area contributed by atoms with Crippen LogP contribution < -0.4 is 10.6 Å². The molecule has 0 bridgehead atoms. The average Bonchev–Trinajstić information content (AvgIpc) is 3.04. The van der Waals surface area contributed by atoms with Crippen molar-refractivity contribution in [1.82, 2.24) is 15.5 Å². The van der Waals surface area contributed by atoms with Gasteiger partial charge in [0.1, 0.15) is 0 Å². The molecule has 3 fully saturated rings. The van der Waals surface area contributed by atoms with Gasteiger partial charge < -0.3 is 15.5 Å². The van der Waals surface area contributed by atoms with Crippen LogP contribution in [-0.2, 0) is 9.59 Å². The molecular formula is C17H29N3O2. The Bertz CT molecular complexity index is 401. The SMILES string of the molecule is O=C(NC1CCN(C(=O)C2CCCCC2)C1)C1CCCCN1. The first-order valence-corrected chi connectivity index (χ1v) is 9.06. The Balaban J connectivity index is 1.45. The Morgan fingerprint density at radius 1 is 0.955 bits per heavy atom. The summed E-state index contributed by atoms with van der Waals surface area (Å²) in [6.07, 6.45) is 9.89. The molecule has 5 heteroatoms. The minimum atomic E-state index is -0.0307. The highest BCUT2D eigenvalue weighted by molar-refractivity contribution is 5.82. The maximum atomic E-state index is 12.5. The van der Waals surface area contributed by atoms with Gasteiger partial charge in [-0.15, -0.1) is 0 Å². The predicted octanol–water partition coefficient (Wildman–Crippen LogP) is 1.43. The van der Waals surface area contributed by atoms with E-state index in [1.54, 1.807) is 0 Å². The van der Waals surface area contributed by atoms with Crippen LogP contribution >= 0.6 is 0 Å². The van der Waals surface area contributed by atoms with Gasteiger partial charge in [-0.05, 0) is 38.6 Å². The van der Waals surface area contributed by atoms with Crippen LogP contribution in [0.25, 0.3) is 0 Å². The maximum Gasteiger partial charge on any atom is 0.237 e. The quantitative estimate of drug-likeness (QED) is 0.829. The summed E-state index contributed by atoms with van der Waals surface area (Å²) in [6.45, 7) is 2.45. The van der Waals surface area contributed by atoms with E-state index in [4.69, 9.17) is 0 Å². The standard InChI is InChI=1S/C17H29N3O2/c21-16(15-8-4-5-10-18-15)19-14-9-11-20(12-14)17(22)13-6-2-1-3-7-13/h13-15,18H,1-12H2,(H,19,21). The number of nitrogens with one attached hydrogen (secondary N) is 2. The van der Waals surface area contributed by atoms with Gasteiger partial charge in [0.25, 0.3) is 0 Å². The fourth-order valence-electron chi connectivity index (χ4n) is 4.06. The van der Waals surface area contributed by atoms with Gasteiger partial charge in [-0.1, -0.05) is 25.7 Å². The number of hydrogen-bond acceptors (Lipinski definition) is 3. The Hall–Kier alpha value is -1.10. The zero-order valence-corrected chi connectivity index (χ0v) is 13.5. The molecule has 124 valence electrons. The molecule has 1 aliphatic carbocycles. The zero-order valence-electron chi connectivity index (χ0n) is 13.5. The summed E-state index contributed by atoms with van der Waals surface area (Å²) in [6, 6.07) is 0.112. The van der Waals surface area contributed by atoms with Crippen molar-refractivity contribution >= 4 is 11.8 Å². The third-order valence-corrected chi connectivity index (χ3v) is 5.43. The minimum Gasteiger partial charge on any atom is -0.350 e. The van der Waals surface area contributed by atoms with Crippen LogP contribution in [0.2, 0.25) is 0 Å². The van der Waals surface area contributed by atoms with Crippen molar-refractivity contribution in [2.75, 3.05) is 19.6 Å². The number of nitrogens with zero attached hydrogens (tertiary/aromatic N) is 1. The van der Waals surface area contributed by atoms with Crippen LogP contribution in [0.1, 0.15) is 57.8 Å². The van der Waals surface area contributed by atoms with Gasteiger partial charge in [0.05, 0.1) is 6.04 Å². The molecule has 22 heavy (non-hydrogen) atoms. The maximum absolute atomic E-state index is 12.5. The first kappa shape index (κ1) is 15.8. The summed E-state index contributed by atoms with van der Waals surface area (Å²) in [7, 11) is 0. The van der Waals surface area contributed by atoms with E-state index in [0.29, 0.717) is 12.5 Å². The van der Waals surface area contributed by atoms with Crippen molar-refractivity contribution < 1.29 is 9.59 Å². The monoisotopic (exact) mass is 307 g/mol. The molecule has 2 heterocycles. The van der Waals surface area contributed by atoms with Crippen LogP contribution in [-0.4, -0.2) is 48.4 Å². The number of amides is 2. The molecule has 1 saturated carbocycles. The highest BCUT2D eigenvalue weighted by atomic mass is 16.2. The van der Waals surface area contributed by atoms with Crippen molar-refractivity contribution in [3.63, 3.8) is 0 Å². The van der Waals surface area contributed by atoms with Crippen molar-refractivity contribution in [2.24, 2.45) is 5.92 Å². The predicted molar refractivity (Wildman–Crippen MR) is 85.3 cm³/mol. The molecule has 2 aliphatic heterocycles. The fraction of sp³-hybridized carbons (Fsp3) is 0.882. The second kappa shape index (κ2) is 7.44. The zero-order chi connectivity index (χ0) is 15.4. The largest absolute Gasteiger partial charge is 0.350 e. The topological polar surface area (TPSA) is 61.4 Å². The number of piperidine rings is 1. The van der Waals surface area contributed by atoms with E-state index < -0.39 is 0 Å². The normalized spacial score (nSPS) is 30.3. The summed E-state index contributed by atoms with van der Waals surface area (Å²) in [5.41, 5.74) is 0. The van der Waals surface area contributed by atoms with Gasteiger partial charge >= 0.3 is 0 Å². The molecule has 0 aromatic carbocycles. The summed E-state index contributed by atoms with van der Waals surface area (Å²) in [4.78, 5) is 26.8. The van der Waals surface area contributed by atoms with E-state index in [0.717, 1.165) is 51.6 Å². The van der Waals surface area contributed by atoms with Gasteiger partial charge in [0, 0.05) is 25.0 Å². The molecule has 5 nitrogen and oxygen atoms in total. The summed E-state index contributed by atoms with van der Waals surface area (Å²) < 4.78 is 0. The Morgan fingerprint density at radius 3 is 2.45 bits per heavy atom. The smallest absolute Gasteiger partial charge is 0.237 e. The minimum absolute atomic E-state index is 0.0307. The van der Waals surface area contributed by atoms with Crippen molar-refractivity contribution in [1.29, 1.82) is 0 Å². The van der Waals surface area contributed by atoms with Gasteiger partial charge in [-0.25, -0.2) is 0 Å². The molecule has 2 unspecified atom stereocenters. The molecule has 3 rings (SSSR count). The third kappa shape index (κ3) is 3.80. The van der Waals surface area contributed by atoms with Gasteiger partial charge in [0.2, 0.25) is 11.8 Å². The lowest BCUT2D eigenvalue weighted by Gasteiger charge is -2.27. The van der Waals surface area contributed by atoms with Crippen LogP contribution in [0.15, 0.2) is 0 Å². The molecule has 2 atom stereocenters. The first-order chi connectivity index (χ1) is 10.7. The van der Waals surface area contributed by atoms with Crippen molar-refractivity contribution in [3.8, 4) is 0 Å². The molecule has 2 amide bonds. The van der Waals surface area contributed by atoms with Crippen molar-refractivity contribution in [3.05, 3.63) is 0 Å². The molecule has 0 spiro atoms. The van der Waals surface area contributed by atoms with E-state index in [2.05, 4.69) is 10.6 Å². The van der Waals surface area contributed by atoms with Crippen molar-refractivity contribution in [2.45, 2.75) is 69.9 Å². The number of carbonyl (C=O) groups is 2. The van der Waals surface area contributed by atoms with E-state index in [9.17, 15) is 9.59 Å². The highest BCUT2D eigenvalue weighted by Crippen LogP contribution is 2.26. The first-order valence-electron chi connectivity index (χ1n) is 9.06. The molecule has 2 saturated heterocycles. The highest BCUT2D eigenvalue weighted by Gasteiger charge is 2.33. The molecule has 0 aromatic rings. The van der Waals surface area contributed by atoms with E-state index in [-0.39, 0.29) is 23.9 Å². The number of carbonyl (C=O) groups excluding carboxylic acids is 2. The summed E-state index contributed by atoms with van der Waals surface area (Å²) in [5, 5.41) is 6.43. The van der Waals surface area contributed by atoms with Crippen LogP contribution in [0.4, 0.5) is 0 Å². The van der Waals surface area contributed by atoms with Gasteiger partial charge in [-0.3, -0.25) is 9.59 Å². The summed E-state index contributed by atoms with van der Waals surface area (Å²) >= 11 is 0. The second-order valence-electron chi connectivity index (χ2n) is 7.12. The number of hydrogen-bond donors (Lipinski definition) is 2. The molecule has 3 aliphatic rings. The lowest BCUT2D eigenvalue weighted by Crippen LogP contribution is -2.50. The van der Waals surface area contributed by atoms with E-state index >= 15 is 0 Å². The number of rotatable bonds is 3. The Labute approximate surface area is 133 Å². The van der Waals surface area contributed by atoms with E-state index in [1.165, 1.54) is 19.3 Å². The molecule has 0 radical (unpaired) electrons. The second-order valence-corrected chi connectivity index (χ2v) is 7.12. The summed E-state index contributed by atoms with van der Waals surface area (Å²) in [5.74, 6) is 0.687. The molecule has 2 N–H and O–H groups in total. The Kier molecular flexibility index (Phi) is 5.34. The third-order valence-electron chi connectivity index (χ3n) is 5.43. The Morgan fingerprint density at radius 2 is 1.73 bits per heavy atom. The molecular weight excluding hydrogens is 278 g/mol. The lowest BCUT2D eigenvalue weighted by molar-refractivity contribution is -0.135. The fourth-order valence-corrected chi connectivity index (χ4v) is 4.06. The molecule has 0 aromatic heterocycles. The van der Waals surface area contributed by atoms with Crippen LogP contribution in [0.3, 0.4) is 0 Å². The van der Waals surface area contributed by atoms with Gasteiger partial charge in [-0.2, -0.15) is 0 Å².